The van der Waals surface area contributed by atoms with Crippen molar-refractivity contribution in [1.82, 2.24) is 9.21 Å². The molecule has 3 rings (SSSR count). The molecule has 5 nitrogen and oxygen atoms in total. The van der Waals surface area contributed by atoms with Gasteiger partial charge in [0.15, 0.2) is 0 Å². The van der Waals surface area contributed by atoms with Crippen molar-refractivity contribution < 1.29 is 13.2 Å². The summed E-state index contributed by atoms with van der Waals surface area (Å²) in [7, 11) is -3.37. The third kappa shape index (κ3) is 5.28. The summed E-state index contributed by atoms with van der Waals surface area (Å²) in [5.41, 5.74) is 2.89. The molecule has 0 unspecified atom stereocenters. The average Bonchev–Trinajstić information content (AvgIpc) is 2.67. The first-order chi connectivity index (χ1) is 12.9. The van der Waals surface area contributed by atoms with Crippen molar-refractivity contribution in [3.63, 3.8) is 0 Å². The van der Waals surface area contributed by atoms with Crippen molar-refractivity contribution in [3.05, 3.63) is 77.4 Å². The number of sulfonamides is 1. The van der Waals surface area contributed by atoms with E-state index in [-0.39, 0.29) is 11.7 Å². The maximum atomic E-state index is 12.6. The molecule has 0 bridgehead atoms. The largest absolute Gasteiger partial charge is 0.337 e. The predicted molar refractivity (Wildman–Crippen MR) is 107 cm³/mol. The van der Waals surface area contributed by atoms with Gasteiger partial charge < -0.3 is 4.90 Å². The van der Waals surface area contributed by atoms with Gasteiger partial charge >= 0.3 is 0 Å². The van der Waals surface area contributed by atoms with Crippen LogP contribution in [-0.4, -0.2) is 49.7 Å². The lowest BCUT2D eigenvalue weighted by molar-refractivity contribution is -0.127. The zero-order valence-corrected chi connectivity index (χ0v) is 16.2. The number of amides is 1. The minimum Gasteiger partial charge on any atom is -0.337 e. The quantitative estimate of drug-likeness (QED) is 0.745. The second-order valence-electron chi connectivity index (χ2n) is 6.71. The molecule has 0 spiro atoms. The van der Waals surface area contributed by atoms with E-state index < -0.39 is 10.0 Å². The zero-order valence-electron chi connectivity index (χ0n) is 15.4. The minimum absolute atomic E-state index is 0.00491. The van der Waals surface area contributed by atoms with Crippen LogP contribution < -0.4 is 0 Å². The number of nitrogens with zero attached hydrogens (tertiary/aromatic N) is 2. The molecule has 0 radical (unpaired) electrons. The fraction of sp³-hybridized carbons (Fsp3) is 0.286. The molecular formula is C21H24N2O3S. The number of hydrogen-bond acceptors (Lipinski definition) is 3. The third-order valence-corrected chi connectivity index (χ3v) is 6.45. The highest BCUT2D eigenvalue weighted by molar-refractivity contribution is 7.88. The third-order valence-electron chi connectivity index (χ3n) is 4.60. The Hall–Kier alpha value is -2.44. The van der Waals surface area contributed by atoms with Gasteiger partial charge in [0.1, 0.15) is 0 Å². The van der Waals surface area contributed by atoms with Crippen LogP contribution >= 0.6 is 0 Å². The Morgan fingerprint density at radius 2 is 1.70 bits per heavy atom. The van der Waals surface area contributed by atoms with Gasteiger partial charge in [0.05, 0.1) is 5.75 Å². The second kappa shape index (κ2) is 8.50. The molecule has 1 aliphatic rings. The van der Waals surface area contributed by atoms with E-state index in [1.165, 1.54) is 4.31 Å². The lowest BCUT2D eigenvalue weighted by Crippen LogP contribution is -2.50. The van der Waals surface area contributed by atoms with E-state index in [4.69, 9.17) is 0 Å². The van der Waals surface area contributed by atoms with Gasteiger partial charge in [-0.05, 0) is 24.1 Å². The van der Waals surface area contributed by atoms with Crippen molar-refractivity contribution in [3.8, 4) is 0 Å². The predicted octanol–water partition coefficient (Wildman–Crippen LogP) is 2.68. The summed E-state index contributed by atoms with van der Waals surface area (Å²) < 4.78 is 26.6. The fourth-order valence-corrected chi connectivity index (χ4v) is 4.63. The minimum atomic E-state index is -3.37. The summed E-state index contributed by atoms with van der Waals surface area (Å²) >= 11 is 0. The summed E-state index contributed by atoms with van der Waals surface area (Å²) in [4.78, 5) is 14.1. The van der Waals surface area contributed by atoms with Crippen molar-refractivity contribution >= 4 is 22.0 Å². The summed E-state index contributed by atoms with van der Waals surface area (Å²) in [5.74, 6) is -0.0914. The van der Waals surface area contributed by atoms with Crippen LogP contribution in [0.2, 0.25) is 0 Å². The second-order valence-corrected chi connectivity index (χ2v) is 8.68. The van der Waals surface area contributed by atoms with Gasteiger partial charge in [-0.2, -0.15) is 4.31 Å². The van der Waals surface area contributed by atoms with Crippen molar-refractivity contribution in [2.45, 2.75) is 12.7 Å². The normalized spacial score (nSPS) is 16.0. The molecule has 1 amide bonds. The Balaban J connectivity index is 1.55. The Morgan fingerprint density at radius 1 is 1.00 bits per heavy atom. The van der Waals surface area contributed by atoms with Crippen LogP contribution in [0.25, 0.3) is 6.08 Å². The standard InChI is InChI=1S/C21H24N2O3S/c1-18-6-5-9-19(16-18)10-11-21(24)22-12-14-23(15-13-22)27(25,26)17-20-7-3-2-4-8-20/h2-11,16H,12-15,17H2,1H3/b11-10+. The van der Waals surface area contributed by atoms with Crippen LogP contribution in [0.5, 0.6) is 0 Å². The number of piperazine rings is 1. The first-order valence-corrected chi connectivity index (χ1v) is 10.6. The maximum absolute atomic E-state index is 12.6. The Morgan fingerprint density at radius 3 is 2.37 bits per heavy atom. The molecule has 0 saturated carbocycles. The molecule has 1 aliphatic heterocycles. The molecule has 2 aromatic carbocycles. The van der Waals surface area contributed by atoms with E-state index >= 15 is 0 Å². The van der Waals surface area contributed by atoms with E-state index in [2.05, 4.69) is 0 Å². The number of hydrogen-bond donors (Lipinski definition) is 0. The molecule has 142 valence electrons. The van der Waals surface area contributed by atoms with Crippen LogP contribution in [0.15, 0.2) is 60.7 Å². The van der Waals surface area contributed by atoms with E-state index in [1.54, 1.807) is 17.1 Å². The lowest BCUT2D eigenvalue weighted by atomic mass is 10.1. The first kappa shape index (κ1) is 19.3. The highest BCUT2D eigenvalue weighted by Gasteiger charge is 2.28. The number of carbonyl (C=O) groups is 1. The highest BCUT2D eigenvalue weighted by Crippen LogP contribution is 2.14. The number of aryl methyl sites for hydroxylation is 1. The van der Waals surface area contributed by atoms with Crippen molar-refractivity contribution in [1.29, 1.82) is 0 Å². The van der Waals surface area contributed by atoms with Crippen LogP contribution in [0.3, 0.4) is 0 Å². The smallest absolute Gasteiger partial charge is 0.246 e. The Bertz CT molecular complexity index is 915. The van der Waals surface area contributed by atoms with E-state index in [0.29, 0.717) is 26.2 Å². The van der Waals surface area contributed by atoms with Gasteiger partial charge in [-0.1, -0.05) is 60.2 Å². The molecule has 2 aromatic rings. The summed E-state index contributed by atoms with van der Waals surface area (Å²) in [5, 5.41) is 0. The molecule has 0 aliphatic carbocycles. The van der Waals surface area contributed by atoms with Gasteiger partial charge in [0.25, 0.3) is 0 Å². The molecule has 1 fully saturated rings. The van der Waals surface area contributed by atoms with Gasteiger partial charge in [-0.15, -0.1) is 0 Å². The van der Waals surface area contributed by atoms with E-state index in [0.717, 1.165) is 16.7 Å². The summed E-state index contributed by atoms with van der Waals surface area (Å²) in [6.07, 6.45) is 3.36. The van der Waals surface area contributed by atoms with Gasteiger partial charge in [0, 0.05) is 32.3 Å². The van der Waals surface area contributed by atoms with Crippen molar-refractivity contribution in [2.75, 3.05) is 26.2 Å². The fourth-order valence-electron chi connectivity index (χ4n) is 3.11. The molecule has 0 aromatic heterocycles. The SMILES string of the molecule is Cc1cccc(/C=C/C(=O)N2CCN(S(=O)(=O)Cc3ccccc3)CC2)c1. The van der Waals surface area contributed by atoms with Crippen LogP contribution in [-0.2, 0) is 20.6 Å². The van der Waals surface area contributed by atoms with Crippen LogP contribution in [0, 0.1) is 6.92 Å². The Labute approximate surface area is 161 Å². The number of rotatable bonds is 5. The van der Waals surface area contributed by atoms with E-state index in [1.807, 2.05) is 61.5 Å². The number of benzene rings is 2. The zero-order chi connectivity index (χ0) is 19.3. The van der Waals surface area contributed by atoms with Gasteiger partial charge in [0.2, 0.25) is 15.9 Å². The van der Waals surface area contributed by atoms with Gasteiger partial charge in [-0.25, -0.2) is 8.42 Å². The maximum Gasteiger partial charge on any atom is 0.246 e. The van der Waals surface area contributed by atoms with Crippen LogP contribution in [0.1, 0.15) is 16.7 Å². The molecule has 27 heavy (non-hydrogen) atoms. The molecule has 0 atom stereocenters. The van der Waals surface area contributed by atoms with Gasteiger partial charge in [-0.3, -0.25) is 4.79 Å². The monoisotopic (exact) mass is 384 g/mol. The van der Waals surface area contributed by atoms with E-state index in [9.17, 15) is 13.2 Å². The summed E-state index contributed by atoms with van der Waals surface area (Å²) in [6, 6.07) is 17.1. The molecule has 1 heterocycles. The van der Waals surface area contributed by atoms with Crippen molar-refractivity contribution in [2.24, 2.45) is 0 Å². The van der Waals surface area contributed by atoms with Crippen LogP contribution in [0.4, 0.5) is 0 Å². The lowest BCUT2D eigenvalue weighted by Gasteiger charge is -2.33. The molecule has 6 heteroatoms. The average molecular weight is 385 g/mol. The molecule has 1 saturated heterocycles. The topological polar surface area (TPSA) is 57.7 Å². The number of carbonyl (C=O) groups excluding carboxylic acids is 1. The molecular weight excluding hydrogens is 360 g/mol. The highest BCUT2D eigenvalue weighted by atomic mass is 32.2. The summed E-state index contributed by atoms with van der Waals surface area (Å²) in [6.45, 7) is 3.49. The Kier molecular flexibility index (Phi) is 6.08. The molecule has 0 N–H and O–H groups in total. The first-order valence-electron chi connectivity index (χ1n) is 8.99.